The van der Waals surface area contributed by atoms with Gasteiger partial charge in [-0.1, -0.05) is 6.92 Å². The van der Waals surface area contributed by atoms with Crippen molar-refractivity contribution in [1.29, 1.82) is 5.41 Å². The molecule has 2 fully saturated rings. The third-order valence-electron chi connectivity index (χ3n) is 9.26. The molecule has 0 aromatic carbocycles. The van der Waals surface area contributed by atoms with E-state index in [-0.39, 0.29) is 11.5 Å². The van der Waals surface area contributed by atoms with E-state index >= 15 is 0 Å². The van der Waals surface area contributed by atoms with Crippen LogP contribution >= 0.6 is 11.3 Å². The van der Waals surface area contributed by atoms with Crippen molar-refractivity contribution in [3.8, 4) is 0 Å². The number of H-pyrrole nitrogens is 1. The lowest BCUT2D eigenvalue weighted by molar-refractivity contribution is 0.0489. The van der Waals surface area contributed by atoms with Gasteiger partial charge >= 0.3 is 0 Å². The summed E-state index contributed by atoms with van der Waals surface area (Å²) >= 11 is 1.86. The Morgan fingerprint density at radius 2 is 1.92 bits per heavy atom. The molecule has 1 saturated heterocycles. The smallest absolute Gasteiger partial charge is 0.255 e. The molecule has 5 rings (SSSR count). The molecule has 1 saturated carbocycles. The summed E-state index contributed by atoms with van der Waals surface area (Å²) in [6.07, 6.45) is 9.00. The van der Waals surface area contributed by atoms with E-state index in [0.717, 1.165) is 42.0 Å². The number of aromatic amines is 1. The third-order valence-corrected chi connectivity index (χ3v) is 10.8. The Morgan fingerprint density at radius 1 is 1.21 bits per heavy atom. The number of rotatable bonds is 8. The van der Waals surface area contributed by atoms with E-state index < -0.39 is 0 Å². The summed E-state index contributed by atoms with van der Waals surface area (Å²) in [6.45, 7) is 13.6. The van der Waals surface area contributed by atoms with E-state index in [2.05, 4.69) is 29.0 Å². The van der Waals surface area contributed by atoms with Crippen LogP contribution in [0.4, 0.5) is 0 Å². The highest BCUT2D eigenvalue weighted by Gasteiger charge is 2.37. The summed E-state index contributed by atoms with van der Waals surface area (Å²) in [5.41, 5.74) is 5.54. The average Bonchev–Trinajstić information content (AvgIpc) is 3.21. The molecule has 2 aliphatic heterocycles. The molecule has 1 aliphatic carbocycles. The number of nitrogens with one attached hydrogen (secondary N) is 3. The van der Waals surface area contributed by atoms with Crippen LogP contribution in [0.3, 0.4) is 0 Å². The van der Waals surface area contributed by atoms with Crippen LogP contribution in [0, 0.1) is 32.1 Å². The molecular formula is C31H43N5O2S. The second kappa shape index (κ2) is 11.4. The molecule has 0 bridgehead atoms. The van der Waals surface area contributed by atoms with Gasteiger partial charge in [-0.2, -0.15) is 0 Å². The van der Waals surface area contributed by atoms with Crippen molar-refractivity contribution in [2.75, 3.05) is 19.6 Å². The van der Waals surface area contributed by atoms with Crippen molar-refractivity contribution in [2.45, 2.75) is 91.3 Å². The number of thiophene rings is 1. The fraction of sp³-hybridized carbons (Fsp3) is 0.581. The maximum atomic E-state index is 13.6. The van der Waals surface area contributed by atoms with Crippen molar-refractivity contribution >= 4 is 23.5 Å². The number of carbonyl (C=O) groups excluding carboxylic acids is 1. The van der Waals surface area contributed by atoms with E-state index in [1.807, 2.05) is 49.2 Å². The first-order valence-electron chi connectivity index (χ1n) is 14.4. The molecule has 3 N–H and O–H groups in total. The third kappa shape index (κ3) is 5.64. The topological polar surface area (TPSA) is 92.3 Å². The lowest BCUT2D eigenvalue weighted by Gasteiger charge is -2.47. The normalized spacial score (nSPS) is 23.4. The summed E-state index contributed by atoms with van der Waals surface area (Å²) in [7, 11) is 0. The first-order valence-corrected chi connectivity index (χ1v) is 15.3. The molecular weight excluding hydrogens is 506 g/mol. The van der Waals surface area contributed by atoms with E-state index in [0.29, 0.717) is 42.6 Å². The highest BCUT2D eigenvalue weighted by Crippen LogP contribution is 2.44. The van der Waals surface area contributed by atoms with Gasteiger partial charge < -0.3 is 20.6 Å². The largest absolute Gasteiger partial charge is 0.383 e. The van der Waals surface area contributed by atoms with Gasteiger partial charge in [-0.3, -0.25) is 14.5 Å². The first-order chi connectivity index (χ1) is 18.7. The minimum absolute atomic E-state index is 0.0816. The van der Waals surface area contributed by atoms with Crippen LogP contribution in [0.25, 0.3) is 0 Å². The van der Waals surface area contributed by atoms with Gasteiger partial charge in [0.25, 0.3) is 11.5 Å². The molecule has 3 aliphatic rings. The van der Waals surface area contributed by atoms with Gasteiger partial charge in [-0.15, -0.1) is 11.3 Å². The molecule has 39 heavy (non-hydrogen) atoms. The fourth-order valence-electron chi connectivity index (χ4n) is 6.98. The molecule has 210 valence electrons. The number of allylic oxidation sites excluding steroid dienone is 2. The van der Waals surface area contributed by atoms with E-state index in [4.69, 9.17) is 5.41 Å². The van der Waals surface area contributed by atoms with Crippen LogP contribution < -0.4 is 10.9 Å². The monoisotopic (exact) mass is 549 g/mol. The Bertz CT molecular complexity index is 1330. The Hall–Kier alpha value is -2.71. The lowest BCUT2D eigenvalue weighted by atomic mass is 9.76. The molecule has 0 spiro atoms. The van der Waals surface area contributed by atoms with Gasteiger partial charge in [0.15, 0.2) is 0 Å². The molecule has 8 heteroatoms. The molecule has 7 nitrogen and oxygen atoms in total. The van der Waals surface area contributed by atoms with Crippen molar-refractivity contribution in [3.05, 3.63) is 65.9 Å². The SMILES string of the molecule is C/C(=C/C=N)NC1CN(C2CCC([C@@H](C)c3sc4c(c3C)C(=O)N(Cc3c(C)cc(C)[nH]c3=O)CC4)CC2)C1. The molecule has 0 radical (unpaired) electrons. The Balaban J connectivity index is 1.20. The summed E-state index contributed by atoms with van der Waals surface area (Å²) in [5.74, 6) is 1.20. The predicted molar refractivity (Wildman–Crippen MR) is 159 cm³/mol. The number of aryl methyl sites for hydroxylation is 2. The number of hydrogen-bond acceptors (Lipinski definition) is 6. The van der Waals surface area contributed by atoms with Gasteiger partial charge in [0, 0.05) is 65.0 Å². The number of pyridine rings is 1. The number of carbonyl (C=O) groups is 1. The van der Waals surface area contributed by atoms with Gasteiger partial charge in [-0.25, -0.2) is 0 Å². The van der Waals surface area contributed by atoms with Crippen LogP contribution in [0.2, 0.25) is 0 Å². The minimum atomic E-state index is -0.0854. The maximum Gasteiger partial charge on any atom is 0.255 e. The number of likely N-dealkylation sites (tertiary alicyclic amines) is 1. The molecule has 2 aromatic rings. The van der Waals surface area contributed by atoms with Gasteiger partial charge in [0.1, 0.15) is 0 Å². The number of amides is 1. The second-order valence-corrected chi connectivity index (χ2v) is 13.1. The minimum Gasteiger partial charge on any atom is -0.383 e. The first kappa shape index (κ1) is 27.8. The Kier molecular flexibility index (Phi) is 8.15. The predicted octanol–water partition coefficient (Wildman–Crippen LogP) is 5.05. The van der Waals surface area contributed by atoms with Gasteiger partial charge in [0.05, 0.1) is 18.2 Å². The molecule has 4 heterocycles. The number of fused-ring (bicyclic) bond motifs is 1. The van der Waals surface area contributed by atoms with Gasteiger partial charge in [-0.05, 0) is 88.5 Å². The maximum absolute atomic E-state index is 13.6. The molecule has 2 aromatic heterocycles. The standard InChI is InChI=1S/C31H43N5O2S/c1-18-14-20(3)34-30(37)26(18)17-35-13-11-27-28(31(35)38)22(5)29(39-27)21(4)23-6-8-25(9-7-23)36-15-24(16-36)33-19(2)10-12-32/h10,12,14,21,23-25,32-33H,6-9,11,13,15-17H2,1-5H3,(H,34,37)/b19-10-,32-12?/t21-,23?,25?/m1/s1. The van der Waals surface area contributed by atoms with Crippen LogP contribution in [-0.2, 0) is 13.0 Å². The number of nitrogens with zero attached hydrogens (tertiary/aromatic N) is 2. The van der Waals surface area contributed by atoms with E-state index in [1.165, 1.54) is 47.2 Å². The zero-order chi connectivity index (χ0) is 27.8. The highest BCUT2D eigenvalue weighted by atomic mass is 32.1. The van der Waals surface area contributed by atoms with Crippen LogP contribution in [0.1, 0.15) is 87.9 Å². The van der Waals surface area contributed by atoms with E-state index in [9.17, 15) is 9.59 Å². The summed E-state index contributed by atoms with van der Waals surface area (Å²) in [4.78, 5) is 36.2. The molecule has 1 amide bonds. The summed E-state index contributed by atoms with van der Waals surface area (Å²) in [6, 6.07) is 3.17. The summed E-state index contributed by atoms with van der Waals surface area (Å²) in [5, 5.41) is 10.7. The average molecular weight is 550 g/mol. The van der Waals surface area contributed by atoms with Gasteiger partial charge in [0.2, 0.25) is 0 Å². The molecule has 0 unspecified atom stereocenters. The Morgan fingerprint density at radius 3 is 2.59 bits per heavy atom. The summed E-state index contributed by atoms with van der Waals surface area (Å²) < 4.78 is 0. The van der Waals surface area contributed by atoms with Crippen molar-refractivity contribution in [1.82, 2.24) is 20.1 Å². The quantitative estimate of drug-likeness (QED) is 0.402. The van der Waals surface area contributed by atoms with Crippen LogP contribution in [-0.4, -0.2) is 58.6 Å². The van der Waals surface area contributed by atoms with Crippen LogP contribution in [0.15, 0.2) is 22.6 Å². The zero-order valence-electron chi connectivity index (χ0n) is 24.0. The van der Waals surface area contributed by atoms with E-state index in [1.54, 1.807) is 0 Å². The van der Waals surface area contributed by atoms with Crippen molar-refractivity contribution in [3.63, 3.8) is 0 Å². The van der Waals surface area contributed by atoms with Crippen molar-refractivity contribution < 1.29 is 4.79 Å². The lowest BCUT2D eigenvalue weighted by Crippen LogP contribution is -2.61. The Labute approximate surface area is 236 Å². The number of aromatic nitrogens is 1. The highest BCUT2D eigenvalue weighted by molar-refractivity contribution is 7.12. The zero-order valence-corrected chi connectivity index (χ0v) is 24.8. The number of hydrogen-bond donors (Lipinski definition) is 3. The fourth-order valence-corrected chi connectivity index (χ4v) is 8.41. The van der Waals surface area contributed by atoms with Crippen molar-refractivity contribution in [2.24, 2.45) is 5.92 Å². The molecule has 1 atom stereocenters. The van der Waals surface area contributed by atoms with Crippen LogP contribution in [0.5, 0.6) is 0 Å². The second-order valence-electron chi connectivity index (χ2n) is 12.0.